The van der Waals surface area contributed by atoms with Crippen LogP contribution in [0, 0.1) is 10.1 Å². The maximum Gasteiger partial charge on any atom is 0.277 e. The standard InChI is InChI=1S/C17H20N2O5/c1-22-14-6-4-5-12(7-14)10-18-11-13-8-16(23-2)17(24-3)9-15(13)19(20)21/h4-9,18H,10-11H2,1-3H3. The van der Waals surface area contributed by atoms with Gasteiger partial charge in [0.1, 0.15) is 5.75 Å². The van der Waals surface area contributed by atoms with Crippen molar-refractivity contribution in [2.75, 3.05) is 21.3 Å². The molecule has 1 N–H and O–H groups in total. The molecule has 0 fully saturated rings. The second-order valence-electron chi connectivity index (χ2n) is 5.05. The number of nitro benzene ring substituents is 1. The van der Waals surface area contributed by atoms with Crippen molar-refractivity contribution in [1.29, 1.82) is 0 Å². The summed E-state index contributed by atoms with van der Waals surface area (Å²) in [5.74, 6) is 1.56. The number of nitro groups is 1. The van der Waals surface area contributed by atoms with E-state index in [-0.39, 0.29) is 5.69 Å². The SMILES string of the molecule is COc1cccc(CNCc2cc(OC)c(OC)cc2[N+](=O)[O-])c1. The quantitative estimate of drug-likeness (QED) is 0.591. The molecule has 7 nitrogen and oxygen atoms in total. The van der Waals surface area contributed by atoms with E-state index in [2.05, 4.69) is 5.32 Å². The Hall–Kier alpha value is -2.80. The fourth-order valence-electron chi connectivity index (χ4n) is 2.35. The molecule has 0 heterocycles. The summed E-state index contributed by atoms with van der Waals surface area (Å²) in [4.78, 5) is 10.8. The number of nitrogens with one attached hydrogen (secondary N) is 1. The van der Waals surface area contributed by atoms with Crippen molar-refractivity contribution in [3.8, 4) is 17.2 Å². The fourth-order valence-corrected chi connectivity index (χ4v) is 2.35. The van der Waals surface area contributed by atoms with Gasteiger partial charge >= 0.3 is 0 Å². The molecule has 0 radical (unpaired) electrons. The third-order valence-corrected chi connectivity index (χ3v) is 3.56. The molecule has 0 atom stereocenters. The van der Waals surface area contributed by atoms with E-state index in [1.165, 1.54) is 20.3 Å². The summed E-state index contributed by atoms with van der Waals surface area (Å²) in [6.45, 7) is 0.885. The molecule has 7 heteroatoms. The molecule has 0 bridgehead atoms. The van der Waals surface area contributed by atoms with Crippen LogP contribution in [0.2, 0.25) is 0 Å². The van der Waals surface area contributed by atoms with Gasteiger partial charge in [-0.1, -0.05) is 12.1 Å². The number of rotatable bonds is 8. The average molecular weight is 332 g/mol. The minimum Gasteiger partial charge on any atom is -0.497 e. The predicted molar refractivity (Wildman–Crippen MR) is 89.7 cm³/mol. The summed E-state index contributed by atoms with van der Waals surface area (Å²) < 4.78 is 15.5. The van der Waals surface area contributed by atoms with Gasteiger partial charge in [0.25, 0.3) is 5.69 Å². The largest absolute Gasteiger partial charge is 0.497 e. The minimum atomic E-state index is -0.426. The molecule has 24 heavy (non-hydrogen) atoms. The minimum absolute atomic E-state index is 0.00853. The molecule has 0 amide bonds. The van der Waals surface area contributed by atoms with E-state index in [1.807, 2.05) is 24.3 Å². The molecule has 2 aromatic carbocycles. The molecule has 0 saturated carbocycles. The third-order valence-electron chi connectivity index (χ3n) is 3.56. The molecule has 0 aliphatic rings. The first-order valence-corrected chi connectivity index (χ1v) is 7.32. The number of hydrogen-bond donors (Lipinski definition) is 1. The number of benzene rings is 2. The highest BCUT2D eigenvalue weighted by atomic mass is 16.6. The summed E-state index contributed by atoms with van der Waals surface area (Å²) in [5.41, 5.74) is 1.55. The van der Waals surface area contributed by atoms with E-state index in [1.54, 1.807) is 13.2 Å². The van der Waals surface area contributed by atoms with E-state index >= 15 is 0 Å². The number of methoxy groups -OCH3 is 3. The summed E-state index contributed by atoms with van der Waals surface area (Å²) in [6.07, 6.45) is 0. The van der Waals surface area contributed by atoms with Crippen LogP contribution in [0.3, 0.4) is 0 Å². The lowest BCUT2D eigenvalue weighted by Gasteiger charge is -2.11. The van der Waals surface area contributed by atoms with E-state index in [9.17, 15) is 10.1 Å². The van der Waals surface area contributed by atoms with Gasteiger partial charge in [-0.25, -0.2) is 0 Å². The van der Waals surface area contributed by atoms with Crippen molar-refractivity contribution in [3.05, 3.63) is 57.6 Å². The lowest BCUT2D eigenvalue weighted by Crippen LogP contribution is -2.14. The van der Waals surface area contributed by atoms with Crippen molar-refractivity contribution in [1.82, 2.24) is 5.32 Å². The number of nitrogens with zero attached hydrogens (tertiary/aromatic N) is 1. The summed E-state index contributed by atoms with van der Waals surface area (Å²) >= 11 is 0. The van der Waals surface area contributed by atoms with E-state index in [0.717, 1.165) is 11.3 Å². The van der Waals surface area contributed by atoms with Crippen molar-refractivity contribution >= 4 is 5.69 Å². The van der Waals surface area contributed by atoms with Gasteiger partial charge in [0.05, 0.1) is 32.3 Å². The Bertz CT molecular complexity index is 718. The Morgan fingerprint density at radius 3 is 2.33 bits per heavy atom. The van der Waals surface area contributed by atoms with Gasteiger partial charge in [-0.3, -0.25) is 10.1 Å². The smallest absolute Gasteiger partial charge is 0.277 e. The Morgan fingerprint density at radius 2 is 1.71 bits per heavy atom. The van der Waals surface area contributed by atoms with Gasteiger partial charge in [-0.15, -0.1) is 0 Å². The normalized spacial score (nSPS) is 10.3. The summed E-state index contributed by atoms with van der Waals surface area (Å²) in [7, 11) is 4.55. The highest BCUT2D eigenvalue weighted by molar-refractivity contribution is 5.54. The van der Waals surface area contributed by atoms with Crippen LogP contribution in [0.1, 0.15) is 11.1 Å². The Balaban J connectivity index is 2.14. The summed E-state index contributed by atoms with van der Waals surface area (Å²) in [6, 6.07) is 10.6. The highest BCUT2D eigenvalue weighted by Gasteiger charge is 2.19. The van der Waals surface area contributed by atoms with Crippen LogP contribution in [0.25, 0.3) is 0 Å². The van der Waals surface area contributed by atoms with Crippen LogP contribution in [0.4, 0.5) is 5.69 Å². The molecule has 2 aromatic rings. The Kier molecular flexibility index (Phi) is 5.97. The first-order chi connectivity index (χ1) is 11.6. The molecule has 2 rings (SSSR count). The maximum absolute atomic E-state index is 11.3. The lowest BCUT2D eigenvalue weighted by molar-refractivity contribution is -0.385. The molecule has 0 aliphatic carbocycles. The van der Waals surface area contributed by atoms with Crippen LogP contribution in [-0.4, -0.2) is 26.3 Å². The highest BCUT2D eigenvalue weighted by Crippen LogP contribution is 2.34. The number of hydrogen-bond acceptors (Lipinski definition) is 6. The molecular formula is C17H20N2O5. The van der Waals surface area contributed by atoms with Crippen LogP contribution >= 0.6 is 0 Å². The zero-order valence-corrected chi connectivity index (χ0v) is 13.9. The van der Waals surface area contributed by atoms with Crippen molar-refractivity contribution in [2.24, 2.45) is 0 Å². The molecular weight excluding hydrogens is 312 g/mol. The Labute approximate surface area is 140 Å². The Morgan fingerprint density at radius 1 is 1.00 bits per heavy atom. The predicted octanol–water partition coefficient (Wildman–Crippen LogP) is 2.91. The van der Waals surface area contributed by atoms with Gasteiger partial charge in [-0.2, -0.15) is 0 Å². The summed E-state index contributed by atoms with van der Waals surface area (Å²) in [5, 5.41) is 14.5. The molecule has 0 aromatic heterocycles. The van der Waals surface area contributed by atoms with E-state index in [4.69, 9.17) is 14.2 Å². The molecule has 0 unspecified atom stereocenters. The third kappa shape index (κ3) is 4.14. The van der Waals surface area contributed by atoms with Crippen molar-refractivity contribution in [3.63, 3.8) is 0 Å². The van der Waals surface area contributed by atoms with Crippen LogP contribution < -0.4 is 19.5 Å². The van der Waals surface area contributed by atoms with Gasteiger partial charge < -0.3 is 19.5 Å². The molecule has 0 aliphatic heterocycles. The van der Waals surface area contributed by atoms with Gasteiger partial charge in [-0.05, 0) is 23.8 Å². The van der Waals surface area contributed by atoms with Crippen molar-refractivity contribution in [2.45, 2.75) is 13.1 Å². The molecule has 0 spiro atoms. The van der Waals surface area contributed by atoms with Gasteiger partial charge in [0, 0.05) is 18.7 Å². The topological polar surface area (TPSA) is 82.9 Å². The fraction of sp³-hybridized carbons (Fsp3) is 0.294. The van der Waals surface area contributed by atoms with E-state index in [0.29, 0.717) is 30.2 Å². The maximum atomic E-state index is 11.3. The van der Waals surface area contributed by atoms with Crippen LogP contribution in [0.15, 0.2) is 36.4 Å². The first-order valence-electron chi connectivity index (χ1n) is 7.32. The average Bonchev–Trinajstić information content (AvgIpc) is 2.61. The number of ether oxygens (including phenoxy) is 3. The lowest BCUT2D eigenvalue weighted by atomic mass is 10.1. The second kappa shape index (κ2) is 8.16. The molecule has 0 saturated heterocycles. The second-order valence-corrected chi connectivity index (χ2v) is 5.05. The zero-order chi connectivity index (χ0) is 17.5. The van der Waals surface area contributed by atoms with Gasteiger partial charge in [0.2, 0.25) is 0 Å². The molecule has 128 valence electrons. The van der Waals surface area contributed by atoms with Crippen LogP contribution in [0.5, 0.6) is 17.2 Å². The zero-order valence-electron chi connectivity index (χ0n) is 13.9. The monoisotopic (exact) mass is 332 g/mol. The first kappa shape index (κ1) is 17.6. The van der Waals surface area contributed by atoms with Crippen LogP contribution in [-0.2, 0) is 13.1 Å². The van der Waals surface area contributed by atoms with E-state index < -0.39 is 4.92 Å². The van der Waals surface area contributed by atoms with Gasteiger partial charge in [0.15, 0.2) is 11.5 Å². The van der Waals surface area contributed by atoms with Crippen molar-refractivity contribution < 1.29 is 19.1 Å².